The molecule has 5 heteroatoms. The average molecular weight is 376 g/mol. The number of hydrogen-bond donors (Lipinski definition) is 0. The van der Waals surface area contributed by atoms with E-state index in [0.717, 1.165) is 38.4 Å². The zero-order valence-electron chi connectivity index (χ0n) is 16.9. The third-order valence-corrected chi connectivity index (χ3v) is 6.47. The Morgan fingerprint density at radius 3 is 2.89 bits per heavy atom. The van der Waals surface area contributed by atoms with Gasteiger partial charge >= 0.3 is 0 Å². The van der Waals surface area contributed by atoms with E-state index in [-0.39, 0.29) is 0 Å². The van der Waals surface area contributed by atoms with Crippen molar-refractivity contribution in [1.82, 2.24) is 24.3 Å². The molecule has 0 bridgehead atoms. The second kappa shape index (κ2) is 7.30. The largest absolute Gasteiger partial charge is 0.350 e. The van der Waals surface area contributed by atoms with E-state index >= 15 is 0 Å². The number of para-hydroxylation sites is 1. The van der Waals surface area contributed by atoms with Gasteiger partial charge in [-0.1, -0.05) is 24.6 Å². The van der Waals surface area contributed by atoms with Gasteiger partial charge in [-0.3, -0.25) is 9.80 Å². The number of aromatic nitrogens is 3. The summed E-state index contributed by atoms with van der Waals surface area (Å²) in [6.07, 6.45) is 9.15. The van der Waals surface area contributed by atoms with Crippen molar-refractivity contribution in [3.8, 4) is 0 Å². The van der Waals surface area contributed by atoms with E-state index in [1.807, 2.05) is 0 Å². The van der Waals surface area contributed by atoms with Crippen molar-refractivity contribution in [2.45, 2.75) is 44.8 Å². The quantitative estimate of drug-likeness (QED) is 0.700. The van der Waals surface area contributed by atoms with Gasteiger partial charge in [0, 0.05) is 67.7 Å². The molecule has 0 unspecified atom stereocenters. The SMILES string of the molecule is CN1CCCC[C@@H]1c1ncc2c(n1)CCN(Cc1cn(C)c3ccccc13)C2. The Kier molecular flexibility index (Phi) is 4.65. The van der Waals surface area contributed by atoms with Gasteiger partial charge in [-0.25, -0.2) is 9.97 Å². The van der Waals surface area contributed by atoms with Crippen LogP contribution in [-0.2, 0) is 26.6 Å². The Morgan fingerprint density at radius 1 is 1.11 bits per heavy atom. The molecule has 1 atom stereocenters. The highest BCUT2D eigenvalue weighted by Gasteiger charge is 2.26. The molecule has 0 amide bonds. The molecule has 5 rings (SSSR count). The van der Waals surface area contributed by atoms with E-state index in [9.17, 15) is 0 Å². The standard InChI is InChI=1S/C23H29N5/c1-26-11-6-5-9-22(26)23-24-13-17-15-28(12-10-20(17)25-23)16-18-14-27(2)21-8-4-3-7-19(18)21/h3-4,7-8,13-14,22H,5-6,9-12,15-16H2,1-2H3/t22-/m1/s1. The predicted molar refractivity (Wildman–Crippen MR) is 112 cm³/mol. The monoisotopic (exact) mass is 375 g/mol. The third-order valence-electron chi connectivity index (χ3n) is 6.47. The first-order valence-electron chi connectivity index (χ1n) is 10.5. The Morgan fingerprint density at radius 2 is 2.00 bits per heavy atom. The average Bonchev–Trinajstić information content (AvgIpc) is 3.04. The summed E-state index contributed by atoms with van der Waals surface area (Å²) >= 11 is 0. The van der Waals surface area contributed by atoms with Gasteiger partial charge < -0.3 is 4.57 Å². The van der Waals surface area contributed by atoms with Gasteiger partial charge in [0.25, 0.3) is 0 Å². The minimum absolute atomic E-state index is 0.396. The first kappa shape index (κ1) is 17.8. The zero-order valence-corrected chi connectivity index (χ0v) is 16.9. The fraction of sp³-hybridized carbons (Fsp3) is 0.478. The zero-order chi connectivity index (χ0) is 19.1. The second-order valence-electron chi connectivity index (χ2n) is 8.44. The number of aryl methyl sites for hydroxylation is 1. The summed E-state index contributed by atoms with van der Waals surface area (Å²) in [5, 5.41) is 1.36. The molecule has 4 heterocycles. The molecule has 28 heavy (non-hydrogen) atoms. The maximum Gasteiger partial charge on any atom is 0.145 e. The minimum atomic E-state index is 0.396. The highest BCUT2D eigenvalue weighted by molar-refractivity contribution is 5.83. The number of fused-ring (bicyclic) bond motifs is 2. The lowest BCUT2D eigenvalue weighted by Gasteiger charge is -2.32. The molecule has 0 aliphatic carbocycles. The first-order valence-corrected chi connectivity index (χ1v) is 10.5. The van der Waals surface area contributed by atoms with Crippen LogP contribution in [0.25, 0.3) is 10.9 Å². The summed E-state index contributed by atoms with van der Waals surface area (Å²) in [5.74, 6) is 1.03. The number of rotatable bonds is 3. The Bertz CT molecular complexity index is 992. The molecule has 146 valence electrons. The van der Waals surface area contributed by atoms with E-state index in [2.05, 4.69) is 65.1 Å². The molecule has 1 aromatic carbocycles. The Balaban J connectivity index is 1.34. The van der Waals surface area contributed by atoms with Gasteiger partial charge in [0.05, 0.1) is 6.04 Å². The lowest BCUT2D eigenvalue weighted by molar-refractivity contribution is 0.178. The van der Waals surface area contributed by atoms with Gasteiger partial charge in [0.2, 0.25) is 0 Å². The highest BCUT2D eigenvalue weighted by Crippen LogP contribution is 2.29. The number of benzene rings is 1. The second-order valence-corrected chi connectivity index (χ2v) is 8.44. The Labute approximate surface area is 167 Å². The summed E-state index contributed by atoms with van der Waals surface area (Å²) in [5.41, 5.74) is 5.27. The van der Waals surface area contributed by atoms with Crippen LogP contribution in [0, 0.1) is 0 Å². The van der Waals surface area contributed by atoms with E-state index in [4.69, 9.17) is 9.97 Å². The molecule has 0 spiro atoms. The van der Waals surface area contributed by atoms with Crippen molar-refractivity contribution >= 4 is 10.9 Å². The summed E-state index contributed by atoms with van der Waals surface area (Å²) in [6, 6.07) is 9.07. The van der Waals surface area contributed by atoms with Crippen molar-refractivity contribution in [2.75, 3.05) is 20.1 Å². The van der Waals surface area contributed by atoms with Crippen LogP contribution in [0.15, 0.2) is 36.7 Å². The molecule has 1 fully saturated rings. The van der Waals surface area contributed by atoms with Gasteiger partial charge in [0.15, 0.2) is 0 Å². The summed E-state index contributed by atoms with van der Waals surface area (Å²) < 4.78 is 2.23. The molecule has 0 N–H and O–H groups in total. The summed E-state index contributed by atoms with van der Waals surface area (Å²) in [6.45, 7) is 4.14. The van der Waals surface area contributed by atoms with Crippen LogP contribution >= 0.6 is 0 Å². The third kappa shape index (κ3) is 3.23. The van der Waals surface area contributed by atoms with Gasteiger partial charge in [-0.05, 0) is 38.1 Å². The highest BCUT2D eigenvalue weighted by atomic mass is 15.2. The van der Waals surface area contributed by atoms with E-state index in [1.165, 1.54) is 47.0 Å². The fourth-order valence-corrected chi connectivity index (χ4v) is 4.88. The molecule has 0 radical (unpaired) electrons. The molecule has 0 saturated carbocycles. The number of nitrogens with zero attached hydrogens (tertiary/aromatic N) is 5. The fourth-order valence-electron chi connectivity index (χ4n) is 4.88. The predicted octanol–water partition coefficient (Wildman–Crippen LogP) is 3.68. The van der Waals surface area contributed by atoms with Gasteiger partial charge in [-0.15, -0.1) is 0 Å². The smallest absolute Gasteiger partial charge is 0.145 e. The van der Waals surface area contributed by atoms with Crippen LogP contribution < -0.4 is 0 Å². The van der Waals surface area contributed by atoms with E-state index in [1.54, 1.807) is 0 Å². The number of piperidine rings is 1. The van der Waals surface area contributed by atoms with Crippen molar-refractivity contribution in [3.63, 3.8) is 0 Å². The number of likely N-dealkylation sites (tertiary alicyclic amines) is 1. The van der Waals surface area contributed by atoms with Crippen molar-refractivity contribution < 1.29 is 0 Å². The minimum Gasteiger partial charge on any atom is -0.350 e. The van der Waals surface area contributed by atoms with Crippen molar-refractivity contribution in [2.24, 2.45) is 7.05 Å². The topological polar surface area (TPSA) is 37.2 Å². The molecular weight excluding hydrogens is 346 g/mol. The van der Waals surface area contributed by atoms with Crippen LogP contribution in [0.5, 0.6) is 0 Å². The van der Waals surface area contributed by atoms with E-state index < -0.39 is 0 Å². The van der Waals surface area contributed by atoms with Crippen LogP contribution in [0.3, 0.4) is 0 Å². The summed E-state index contributed by atoms with van der Waals surface area (Å²) in [4.78, 5) is 14.7. The molecule has 2 aliphatic rings. The summed E-state index contributed by atoms with van der Waals surface area (Å²) in [7, 11) is 4.34. The Hall–Kier alpha value is -2.24. The molecule has 1 saturated heterocycles. The van der Waals surface area contributed by atoms with Crippen LogP contribution in [-0.4, -0.2) is 44.5 Å². The van der Waals surface area contributed by atoms with E-state index in [0.29, 0.717) is 6.04 Å². The lowest BCUT2D eigenvalue weighted by Crippen LogP contribution is -2.33. The molecule has 5 nitrogen and oxygen atoms in total. The molecule has 2 aromatic heterocycles. The first-order chi connectivity index (χ1) is 13.7. The molecule has 2 aliphatic heterocycles. The molecule has 3 aromatic rings. The number of hydrogen-bond acceptors (Lipinski definition) is 4. The van der Waals surface area contributed by atoms with Crippen LogP contribution in [0.1, 0.15) is 47.9 Å². The van der Waals surface area contributed by atoms with Crippen LogP contribution in [0.2, 0.25) is 0 Å². The van der Waals surface area contributed by atoms with Gasteiger partial charge in [-0.2, -0.15) is 0 Å². The van der Waals surface area contributed by atoms with Crippen molar-refractivity contribution in [3.05, 3.63) is 59.3 Å². The van der Waals surface area contributed by atoms with Crippen molar-refractivity contribution in [1.29, 1.82) is 0 Å². The maximum atomic E-state index is 5.00. The maximum absolute atomic E-state index is 5.00. The molecular formula is C23H29N5. The lowest BCUT2D eigenvalue weighted by atomic mass is 10.0. The normalized spacial score (nSPS) is 21.1. The van der Waals surface area contributed by atoms with Crippen LogP contribution in [0.4, 0.5) is 0 Å². The van der Waals surface area contributed by atoms with Gasteiger partial charge in [0.1, 0.15) is 5.82 Å².